The lowest BCUT2D eigenvalue weighted by Gasteiger charge is -2.43. The molecule has 1 saturated heterocycles. The third-order valence-electron chi connectivity index (χ3n) is 8.18. The number of nitrogens with one attached hydrogen (secondary N) is 1. The molecule has 7 atom stereocenters. The molecule has 1 heterocycles. The minimum atomic E-state index is -1.57. The van der Waals surface area contributed by atoms with E-state index in [0.29, 0.717) is 30.3 Å². The Labute approximate surface area is 253 Å². The summed E-state index contributed by atoms with van der Waals surface area (Å²) in [4.78, 5) is 37.8. The number of benzene rings is 3. The molecule has 1 saturated carbocycles. The van der Waals surface area contributed by atoms with Gasteiger partial charge in [0.2, 0.25) is 0 Å². The van der Waals surface area contributed by atoms with Gasteiger partial charge in [0.15, 0.2) is 12.6 Å². The minimum absolute atomic E-state index is 0.0192. The number of aliphatic hydroxyl groups is 3. The Bertz CT molecular complexity index is 1540. The SMILES string of the molecule is COc1cc(C)c2ccc(O)c(C(=O)O[C@H]3CC[C@@H](O[C@@H]4O[C@H](CO)[C@@H](O)[C@H](O)[C@H]4NC(=O)c4ccccc4C=O)C3)c2c1. The molecule has 3 aromatic rings. The summed E-state index contributed by atoms with van der Waals surface area (Å²) in [6.07, 6.45) is -5.04. The van der Waals surface area contributed by atoms with E-state index in [4.69, 9.17) is 18.9 Å². The van der Waals surface area contributed by atoms with Crippen molar-refractivity contribution in [2.45, 2.75) is 69.0 Å². The Kier molecular flexibility index (Phi) is 9.47. The Morgan fingerprint density at radius 3 is 2.52 bits per heavy atom. The van der Waals surface area contributed by atoms with Crippen LogP contribution in [0.15, 0.2) is 48.5 Å². The number of esters is 1. The number of carbonyl (C=O) groups excluding carboxylic acids is 3. The van der Waals surface area contributed by atoms with Crippen LogP contribution in [0.1, 0.15) is 55.9 Å². The van der Waals surface area contributed by atoms with Gasteiger partial charge in [-0.05, 0) is 55.0 Å². The summed E-state index contributed by atoms with van der Waals surface area (Å²) in [6, 6.07) is 11.5. The van der Waals surface area contributed by atoms with E-state index in [2.05, 4.69) is 5.32 Å². The van der Waals surface area contributed by atoms with Crippen LogP contribution in [-0.2, 0) is 14.2 Å². The number of rotatable bonds is 9. The van der Waals surface area contributed by atoms with Crippen molar-refractivity contribution in [3.05, 3.63) is 70.8 Å². The van der Waals surface area contributed by atoms with Gasteiger partial charge in [0, 0.05) is 22.9 Å². The highest BCUT2D eigenvalue weighted by Crippen LogP contribution is 2.35. The molecule has 12 nitrogen and oxygen atoms in total. The molecule has 2 fully saturated rings. The minimum Gasteiger partial charge on any atom is -0.507 e. The summed E-state index contributed by atoms with van der Waals surface area (Å²) < 4.78 is 23.0. The van der Waals surface area contributed by atoms with E-state index in [9.17, 15) is 34.8 Å². The standard InChI is InChI=1S/C32H35NO11/c1-16-11-20(41-2)13-23-21(16)9-10-24(36)26(23)31(40)42-18-7-8-19(12-18)43-32-27(29(38)28(37)25(15-35)44-32)33-30(39)22-6-4-3-5-17(22)14-34/h3-6,9-11,13-14,18-19,25,27-29,32,35-38H,7-8,12,15H2,1-2H3,(H,33,39)/t18-,19+,25+,27+,28+,29+,32+/m0/s1. The van der Waals surface area contributed by atoms with Crippen LogP contribution in [0, 0.1) is 6.92 Å². The lowest BCUT2D eigenvalue weighted by atomic mass is 9.96. The summed E-state index contributed by atoms with van der Waals surface area (Å²) in [5.74, 6) is -1.10. The summed E-state index contributed by atoms with van der Waals surface area (Å²) in [6.45, 7) is 1.26. The average Bonchev–Trinajstić information content (AvgIpc) is 3.46. The number of fused-ring (bicyclic) bond motifs is 1. The zero-order valence-corrected chi connectivity index (χ0v) is 24.2. The molecule has 12 heteroatoms. The summed E-state index contributed by atoms with van der Waals surface area (Å²) in [5, 5.41) is 45.5. The fourth-order valence-corrected chi connectivity index (χ4v) is 5.83. The molecule has 234 valence electrons. The van der Waals surface area contributed by atoms with Crippen molar-refractivity contribution in [3.63, 3.8) is 0 Å². The van der Waals surface area contributed by atoms with Gasteiger partial charge in [0.1, 0.15) is 47.5 Å². The zero-order valence-electron chi connectivity index (χ0n) is 24.2. The van der Waals surface area contributed by atoms with Gasteiger partial charge in [-0.3, -0.25) is 9.59 Å². The second-order valence-corrected chi connectivity index (χ2v) is 11.0. The van der Waals surface area contributed by atoms with Crippen LogP contribution in [0.4, 0.5) is 0 Å². The van der Waals surface area contributed by atoms with Gasteiger partial charge in [-0.15, -0.1) is 0 Å². The first-order valence-corrected chi connectivity index (χ1v) is 14.3. The zero-order chi connectivity index (χ0) is 31.5. The number of ether oxygens (including phenoxy) is 4. The molecule has 3 aromatic carbocycles. The first-order valence-electron chi connectivity index (χ1n) is 14.3. The van der Waals surface area contributed by atoms with Crippen LogP contribution in [0.2, 0.25) is 0 Å². The van der Waals surface area contributed by atoms with E-state index in [1.807, 2.05) is 13.0 Å². The number of phenolic OH excluding ortho intramolecular Hbond substituents is 1. The first kappa shape index (κ1) is 31.4. The lowest BCUT2D eigenvalue weighted by Crippen LogP contribution is -2.65. The van der Waals surface area contributed by atoms with Crippen LogP contribution in [0.5, 0.6) is 11.5 Å². The third kappa shape index (κ3) is 6.26. The molecule has 5 rings (SSSR count). The molecule has 1 aliphatic heterocycles. The topological polar surface area (TPSA) is 181 Å². The van der Waals surface area contributed by atoms with E-state index in [0.717, 1.165) is 10.9 Å². The number of aromatic hydroxyl groups is 1. The van der Waals surface area contributed by atoms with Gasteiger partial charge in [-0.2, -0.15) is 0 Å². The van der Waals surface area contributed by atoms with Crippen molar-refractivity contribution in [3.8, 4) is 11.5 Å². The fraction of sp³-hybridized carbons (Fsp3) is 0.406. The molecule has 0 radical (unpaired) electrons. The Morgan fingerprint density at radius 1 is 1.05 bits per heavy atom. The molecular weight excluding hydrogens is 574 g/mol. The van der Waals surface area contributed by atoms with Crippen molar-refractivity contribution in [1.29, 1.82) is 0 Å². The molecule has 2 aliphatic rings. The van der Waals surface area contributed by atoms with Gasteiger partial charge in [0.05, 0.1) is 19.8 Å². The van der Waals surface area contributed by atoms with Crippen molar-refractivity contribution < 1.29 is 53.8 Å². The molecule has 0 unspecified atom stereocenters. The second-order valence-electron chi connectivity index (χ2n) is 11.0. The number of hydrogen-bond donors (Lipinski definition) is 5. The van der Waals surface area contributed by atoms with Crippen LogP contribution in [-0.4, -0.2) is 95.2 Å². The Balaban J connectivity index is 1.30. The predicted octanol–water partition coefficient (Wildman–Crippen LogP) is 2.01. The highest BCUT2D eigenvalue weighted by molar-refractivity contribution is 6.08. The molecule has 0 aromatic heterocycles. The smallest absolute Gasteiger partial charge is 0.342 e. The number of phenols is 1. The van der Waals surface area contributed by atoms with Crippen LogP contribution in [0.25, 0.3) is 10.8 Å². The van der Waals surface area contributed by atoms with Crippen molar-refractivity contribution in [2.75, 3.05) is 13.7 Å². The maximum absolute atomic E-state index is 13.3. The van der Waals surface area contributed by atoms with Crippen molar-refractivity contribution >= 4 is 28.9 Å². The monoisotopic (exact) mass is 609 g/mol. The Hall–Kier alpha value is -4.07. The molecular formula is C32H35NO11. The lowest BCUT2D eigenvalue weighted by molar-refractivity contribution is -0.280. The van der Waals surface area contributed by atoms with E-state index < -0.39 is 61.3 Å². The maximum atomic E-state index is 13.3. The number of aliphatic hydroxyl groups excluding tert-OH is 3. The number of carbonyl (C=O) groups is 3. The summed E-state index contributed by atoms with van der Waals surface area (Å²) in [5.41, 5.74) is 1.07. The van der Waals surface area contributed by atoms with Crippen LogP contribution < -0.4 is 10.1 Å². The van der Waals surface area contributed by atoms with Gasteiger partial charge in [0.25, 0.3) is 5.91 Å². The molecule has 0 bridgehead atoms. The fourth-order valence-electron chi connectivity index (χ4n) is 5.83. The van der Waals surface area contributed by atoms with E-state index in [1.54, 1.807) is 24.3 Å². The van der Waals surface area contributed by atoms with E-state index in [-0.39, 0.29) is 28.9 Å². The van der Waals surface area contributed by atoms with Gasteiger partial charge in [-0.25, -0.2) is 4.79 Å². The van der Waals surface area contributed by atoms with Gasteiger partial charge < -0.3 is 44.7 Å². The number of amides is 1. The quantitative estimate of drug-likeness (QED) is 0.177. The van der Waals surface area contributed by atoms with Crippen LogP contribution in [0.3, 0.4) is 0 Å². The Morgan fingerprint density at radius 2 is 1.80 bits per heavy atom. The van der Waals surface area contributed by atoms with E-state index >= 15 is 0 Å². The largest absolute Gasteiger partial charge is 0.507 e. The number of methoxy groups -OCH3 is 1. The highest BCUT2D eigenvalue weighted by atomic mass is 16.7. The van der Waals surface area contributed by atoms with E-state index in [1.165, 1.54) is 25.3 Å². The first-order chi connectivity index (χ1) is 21.1. The summed E-state index contributed by atoms with van der Waals surface area (Å²) >= 11 is 0. The molecule has 1 aliphatic carbocycles. The maximum Gasteiger partial charge on any atom is 0.342 e. The molecule has 0 spiro atoms. The van der Waals surface area contributed by atoms with Crippen molar-refractivity contribution in [1.82, 2.24) is 5.32 Å². The number of aldehydes is 1. The van der Waals surface area contributed by atoms with Gasteiger partial charge in [-0.1, -0.05) is 24.3 Å². The van der Waals surface area contributed by atoms with Crippen molar-refractivity contribution in [2.24, 2.45) is 0 Å². The highest BCUT2D eigenvalue weighted by Gasteiger charge is 2.47. The normalized spacial score (nSPS) is 26.7. The second kappa shape index (κ2) is 13.3. The summed E-state index contributed by atoms with van der Waals surface area (Å²) in [7, 11) is 1.51. The van der Waals surface area contributed by atoms with Crippen LogP contribution >= 0.6 is 0 Å². The third-order valence-corrected chi connectivity index (χ3v) is 8.18. The molecule has 1 amide bonds. The molecule has 44 heavy (non-hydrogen) atoms. The number of hydrogen-bond acceptors (Lipinski definition) is 11. The number of aryl methyl sites for hydroxylation is 1. The predicted molar refractivity (Wildman–Crippen MR) is 156 cm³/mol. The average molecular weight is 610 g/mol. The van der Waals surface area contributed by atoms with Gasteiger partial charge >= 0.3 is 5.97 Å². The molecule has 5 N–H and O–H groups in total.